The monoisotopic (exact) mass is 535 g/mol. The Bertz CT molecular complexity index is 399. The van der Waals surface area contributed by atoms with E-state index < -0.39 is 0 Å². The summed E-state index contributed by atoms with van der Waals surface area (Å²) in [7, 11) is 0. The quantitative estimate of drug-likeness (QED) is 0.0734. The molecule has 0 N–H and O–H groups in total. The Morgan fingerprint density at radius 3 is 0.579 bits per heavy atom. The van der Waals surface area contributed by atoms with E-state index >= 15 is 0 Å². The van der Waals surface area contributed by atoms with Gasteiger partial charge in [-0.25, -0.2) is 0 Å². The first-order valence-corrected chi connectivity index (χ1v) is 18.7. The van der Waals surface area contributed by atoms with Crippen LogP contribution in [0.4, 0.5) is 0 Å². The van der Waals surface area contributed by atoms with Crippen molar-refractivity contribution < 1.29 is 0 Å². The molecule has 0 aliphatic carbocycles. The van der Waals surface area contributed by atoms with Crippen molar-refractivity contribution in [3.8, 4) is 0 Å². The fourth-order valence-corrected chi connectivity index (χ4v) is 6.30. The van der Waals surface area contributed by atoms with Crippen LogP contribution >= 0.6 is 0 Å². The lowest BCUT2D eigenvalue weighted by Gasteiger charge is -2.12. The molecule has 0 fully saturated rings. The molecule has 0 saturated heterocycles. The highest BCUT2D eigenvalue weighted by atomic mass is 14.1. The summed E-state index contributed by atoms with van der Waals surface area (Å²) < 4.78 is 0. The third kappa shape index (κ3) is 32.2. The first-order chi connectivity index (χ1) is 18.7. The normalized spacial score (nSPS) is 13.3. The maximum Gasteiger partial charge on any atom is -0.0443 e. The summed E-state index contributed by atoms with van der Waals surface area (Å²) in [5, 5.41) is 0. The summed E-state index contributed by atoms with van der Waals surface area (Å²) in [6, 6.07) is 0. The fraction of sp³-hybridized carbons (Fsp3) is 1.00. The van der Waals surface area contributed by atoms with Gasteiger partial charge in [0.15, 0.2) is 0 Å². The molecule has 0 aliphatic rings. The molecule has 38 heavy (non-hydrogen) atoms. The molecular formula is C38H78. The van der Waals surface area contributed by atoms with Crippen LogP contribution in [-0.4, -0.2) is 0 Å². The van der Waals surface area contributed by atoms with Gasteiger partial charge in [0.1, 0.15) is 0 Å². The van der Waals surface area contributed by atoms with Crippen LogP contribution < -0.4 is 0 Å². The zero-order chi connectivity index (χ0) is 27.8. The van der Waals surface area contributed by atoms with Gasteiger partial charge < -0.3 is 0 Å². The minimum absolute atomic E-state index is 0.962. The van der Waals surface area contributed by atoms with Crippen molar-refractivity contribution in [1.82, 2.24) is 0 Å². The molecule has 0 aromatic rings. The van der Waals surface area contributed by atoms with Crippen LogP contribution in [0.3, 0.4) is 0 Å². The van der Waals surface area contributed by atoms with Crippen LogP contribution in [0.25, 0.3) is 0 Å². The number of hydrogen-bond acceptors (Lipinski definition) is 0. The largest absolute Gasteiger partial charge is 0.0654 e. The third-order valence-electron chi connectivity index (χ3n) is 9.24. The van der Waals surface area contributed by atoms with Crippen LogP contribution in [0.2, 0.25) is 0 Å². The van der Waals surface area contributed by atoms with Gasteiger partial charge in [-0.15, -0.1) is 0 Å². The van der Waals surface area contributed by atoms with E-state index in [1.54, 1.807) is 0 Å². The first-order valence-electron chi connectivity index (χ1n) is 18.7. The van der Waals surface area contributed by atoms with Crippen molar-refractivity contribution in [3.05, 3.63) is 0 Å². The van der Waals surface area contributed by atoms with Crippen molar-refractivity contribution in [3.63, 3.8) is 0 Å². The second-order valence-electron chi connectivity index (χ2n) is 13.6. The Labute approximate surface area is 244 Å². The molecule has 2 atom stereocenters. The van der Waals surface area contributed by atoms with Crippen molar-refractivity contribution in [2.24, 2.45) is 11.8 Å². The Kier molecular flexibility index (Phi) is 33.2. The van der Waals surface area contributed by atoms with Gasteiger partial charge in [0.2, 0.25) is 0 Å². The van der Waals surface area contributed by atoms with Gasteiger partial charge >= 0.3 is 0 Å². The minimum atomic E-state index is 0.962. The van der Waals surface area contributed by atoms with E-state index in [0.717, 1.165) is 11.8 Å². The van der Waals surface area contributed by atoms with Crippen LogP contribution in [0.5, 0.6) is 0 Å². The standard InChI is InChI=1S/C38H78/c1-5-7-9-11-13-14-15-16-17-18-19-20-21-23-26-30-34-38(4)36-32-28-24-27-31-35-37(3)33-29-25-22-12-10-8-6-2/h37-38H,5-36H2,1-4H3. The van der Waals surface area contributed by atoms with Crippen LogP contribution in [-0.2, 0) is 0 Å². The van der Waals surface area contributed by atoms with Crippen molar-refractivity contribution in [2.45, 2.75) is 233 Å². The molecule has 0 aromatic heterocycles. The first kappa shape index (κ1) is 38.0. The second kappa shape index (κ2) is 33.2. The Morgan fingerprint density at radius 2 is 0.395 bits per heavy atom. The van der Waals surface area contributed by atoms with Crippen molar-refractivity contribution >= 4 is 0 Å². The zero-order valence-electron chi connectivity index (χ0n) is 27.8. The second-order valence-corrected chi connectivity index (χ2v) is 13.6. The minimum Gasteiger partial charge on any atom is -0.0654 e. The van der Waals surface area contributed by atoms with Crippen molar-refractivity contribution in [1.29, 1.82) is 0 Å². The number of hydrogen-bond donors (Lipinski definition) is 0. The lowest BCUT2D eigenvalue weighted by atomic mass is 9.94. The zero-order valence-corrected chi connectivity index (χ0v) is 27.8. The summed E-state index contributed by atoms with van der Waals surface area (Å²) >= 11 is 0. The van der Waals surface area contributed by atoms with Gasteiger partial charge in [-0.3, -0.25) is 0 Å². The molecule has 0 saturated carbocycles. The number of rotatable bonds is 33. The fourth-order valence-electron chi connectivity index (χ4n) is 6.30. The molecule has 0 nitrogen and oxygen atoms in total. The predicted molar refractivity (Wildman–Crippen MR) is 177 cm³/mol. The molecule has 0 aromatic carbocycles. The Balaban J connectivity index is 3.22. The lowest BCUT2D eigenvalue weighted by Crippen LogP contribution is -1.96. The SMILES string of the molecule is CCCCCCCCCCCCCCCCCCC(C)CCCCCCCC(C)CCCCCCCCC. The summed E-state index contributed by atoms with van der Waals surface area (Å²) in [6.07, 6.45) is 47.1. The third-order valence-corrected chi connectivity index (χ3v) is 9.24. The molecule has 0 bridgehead atoms. The molecule has 0 amide bonds. The van der Waals surface area contributed by atoms with E-state index in [9.17, 15) is 0 Å². The van der Waals surface area contributed by atoms with E-state index in [4.69, 9.17) is 0 Å². The predicted octanol–water partition coefficient (Wildman–Crippen LogP) is 14.8. The molecule has 0 rings (SSSR count). The average molecular weight is 535 g/mol. The molecule has 230 valence electrons. The van der Waals surface area contributed by atoms with Crippen molar-refractivity contribution in [2.75, 3.05) is 0 Å². The van der Waals surface area contributed by atoms with E-state index in [-0.39, 0.29) is 0 Å². The molecule has 0 heteroatoms. The van der Waals surface area contributed by atoms with Gasteiger partial charge in [-0.1, -0.05) is 233 Å². The Hall–Kier alpha value is 0. The maximum atomic E-state index is 2.51. The van der Waals surface area contributed by atoms with E-state index in [1.807, 2.05) is 0 Å². The molecular weight excluding hydrogens is 456 g/mol. The average Bonchev–Trinajstić information content (AvgIpc) is 2.91. The van der Waals surface area contributed by atoms with Gasteiger partial charge in [0.05, 0.1) is 0 Å². The van der Waals surface area contributed by atoms with Crippen LogP contribution in [0, 0.1) is 11.8 Å². The highest BCUT2D eigenvalue weighted by Gasteiger charge is 2.04. The van der Waals surface area contributed by atoms with E-state index in [0.29, 0.717) is 0 Å². The van der Waals surface area contributed by atoms with Gasteiger partial charge in [0.25, 0.3) is 0 Å². The summed E-state index contributed by atoms with van der Waals surface area (Å²) in [4.78, 5) is 0. The topological polar surface area (TPSA) is 0 Å². The van der Waals surface area contributed by atoms with Gasteiger partial charge in [-0.2, -0.15) is 0 Å². The molecule has 2 unspecified atom stereocenters. The molecule has 0 aliphatic heterocycles. The molecule has 0 radical (unpaired) electrons. The highest BCUT2D eigenvalue weighted by Crippen LogP contribution is 2.21. The Morgan fingerprint density at radius 1 is 0.237 bits per heavy atom. The van der Waals surface area contributed by atoms with Crippen LogP contribution in [0.15, 0.2) is 0 Å². The maximum absolute atomic E-state index is 2.51. The smallest absolute Gasteiger partial charge is 0.0443 e. The summed E-state index contributed by atoms with van der Waals surface area (Å²) in [5.41, 5.74) is 0. The van der Waals surface area contributed by atoms with Gasteiger partial charge in [-0.05, 0) is 11.8 Å². The van der Waals surface area contributed by atoms with E-state index in [1.165, 1.54) is 205 Å². The molecule has 0 heterocycles. The van der Waals surface area contributed by atoms with Gasteiger partial charge in [0, 0.05) is 0 Å². The summed E-state index contributed by atoms with van der Waals surface area (Å²) in [6.45, 7) is 9.63. The van der Waals surface area contributed by atoms with E-state index in [2.05, 4.69) is 27.7 Å². The number of unbranched alkanes of at least 4 members (excludes halogenated alkanes) is 25. The summed E-state index contributed by atoms with van der Waals surface area (Å²) in [5.74, 6) is 1.93. The van der Waals surface area contributed by atoms with Crippen LogP contribution in [0.1, 0.15) is 233 Å². The highest BCUT2D eigenvalue weighted by molar-refractivity contribution is 4.58. The lowest BCUT2D eigenvalue weighted by molar-refractivity contribution is 0.416. The molecule has 0 spiro atoms.